The number of aliphatic carboxylic acids is 1. The lowest BCUT2D eigenvalue weighted by molar-refractivity contribution is -0.138. The van der Waals surface area contributed by atoms with Gasteiger partial charge in [0.2, 0.25) is 0 Å². The third-order valence-electron chi connectivity index (χ3n) is 4.90. The largest absolute Gasteiger partial charge is 0.494 e. The lowest BCUT2D eigenvalue weighted by Crippen LogP contribution is -2.36. The predicted molar refractivity (Wildman–Crippen MR) is 110 cm³/mol. The molecule has 2 aromatic carbocycles. The zero-order valence-corrected chi connectivity index (χ0v) is 15.9. The van der Waals surface area contributed by atoms with Gasteiger partial charge in [0.05, 0.1) is 12.3 Å². The van der Waals surface area contributed by atoms with Gasteiger partial charge < -0.3 is 20.1 Å². The highest BCUT2D eigenvalue weighted by Gasteiger charge is 2.20. The number of rotatable bonds is 6. The lowest BCUT2D eigenvalue weighted by Gasteiger charge is -2.19. The van der Waals surface area contributed by atoms with Crippen LogP contribution in [0.25, 0.3) is 22.2 Å². The Morgan fingerprint density at radius 2 is 2.00 bits per heavy atom. The first kappa shape index (κ1) is 18.8. The average Bonchev–Trinajstić information content (AvgIpc) is 3.06. The number of nitrogens with one attached hydrogen (secondary N) is 2. The van der Waals surface area contributed by atoms with Crippen molar-refractivity contribution in [3.8, 4) is 17.0 Å². The molecule has 0 bridgehead atoms. The lowest BCUT2D eigenvalue weighted by atomic mass is 9.99. The van der Waals surface area contributed by atoms with Crippen LogP contribution in [0.2, 0.25) is 0 Å². The molecular weight excluding hydrogens is 371 g/mol. The molecule has 0 saturated heterocycles. The monoisotopic (exact) mass is 392 g/mol. The van der Waals surface area contributed by atoms with Gasteiger partial charge in [0.1, 0.15) is 17.6 Å². The fourth-order valence-corrected chi connectivity index (χ4v) is 3.56. The summed E-state index contributed by atoms with van der Waals surface area (Å²) in [7, 11) is 0. The molecule has 0 fully saturated rings. The number of allylic oxidation sites excluding steroid dienone is 3. The Morgan fingerprint density at radius 1 is 1.21 bits per heavy atom. The third kappa shape index (κ3) is 3.87. The number of ether oxygens (including phenoxy) is 1. The van der Waals surface area contributed by atoms with Crippen LogP contribution in [0.4, 0.5) is 4.39 Å². The summed E-state index contributed by atoms with van der Waals surface area (Å²) in [5.41, 5.74) is 4.45. The first-order valence-corrected chi connectivity index (χ1v) is 9.45. The van der Waals surface area contributed by atoms with E-state index in [1.807, 2.05) is 31.2 Å². The Morgan fingerprint density at radius 3 is 2.72 bits per heavy atom. The van der Waals surface area contributed by atoms with Gasteiger partial charge in [-0.2, -0.15) is 0 Å². The quantitative estimate of drug-likeness (QED) is 0.581. The number of dihydropyridines is 1. The maximum absolute atomic E-state index is 13.4. The number of H-pyrrole nitrogens is 1. The van der Waals surface area contributed by atoms with Crippen LogP contribution in [0.15, 0.2) is 66.4 Å². The topological polar surface area (TPSA) is 74.3 Å². The Kier molecular flexibility index (Phi) is 5.08. The number of aromatic nitrogens is 1. The van der Waals surface area contributed by atoms with Crippen molar-refractivity contribution in [3.63, 3.8) is 0 Å². The number of aromatic amines is 1. The fourth-order valence-electron chi connectivity index (χ4n) is 3.56. The molecule has 6 heteroatoms. The number of hydrogen-bond donors (Lipinski definition) is 3. The average molecular weight is 392 g/mol. The van der Waals surface area contributed by atoms with Gasteiger partial charge in [0, 0.05) is 29.1 Å². The van der Waals surface area contributed by atoms with E-state index in [2.05, 4.69) is 10.3 Å². The molecule has 1 atom stereocenters. The van der Waals surface area contributed by atoms with Gasteiger partial charge in [-0.3, -0.25) is 0 Å². The van der Waals surface area contributed by atoms with Crippen molar-refractivity contribution in [2.24, 2.45) is 0 Å². The second-order valence-electron chi connectivity index (χ2n) is 6.84. The van der Waals surface area contributed by atoms with Gasteiger partial charge in [-0.25, -0.2) is 9.18 Å². The summed E-state index contributed by atoms with van der Waals surface area (Å²) in [4.78, 5) is 14.8. The van der Waals surface area contributed by atoms with E-state index in [0.717, 1.165) is 39.2 Å². The molecule has 1 unspecified atom stereocenters. The van der Waals surface area contributed by atoms with Crippen molar-refractivity contribution >= 4 is 16.9 Å². The maximum Gasteiger partial charge on any atom is 0.330 e. The highest BCUT2D eigenvalue weighted by molar-refractivity contribution is 5.92. The van der Waals surface area contributed by atoms with E-state index in [-0.39, 0.29) is 5.82 Å². The summed E-state index contributed by atoms with van der Waals surface area (Å²) in [6.07, 6.45) is 5.75. The highest BCUT2D eigenvalue weighted by Crippen LogP contribution is 2.34. The van der Waals surface area contributed by atoms with Gasteiger partial charge >= 0.3 is 5.97 Å². The zero-order valence-electron chi connectivity index (χ0n) is 15.9. The minimum absolute atomic E-state index is 0.295. The molecule has 148 valence electrons. The molecule has 1 aliphatic heterocycles. The second-order valence-corrected chi connectivity index (χ2v) is 6.84. The van der Waals surface area contributed by atoms with E-state index in [1.165, 1.54) is 12.1 Å². The van der Waals surface area contributed by atoms with Gasteiger partial charge in [0.15, 0.2) is 0 Å². The van der Waals surface area contributed by atoms with Crippen molar-refractivity contribution in [1.29, 1.82) is 0 Å². The number of carboxylic acids is 1. The van der Waals surface area contributed by atoms with Gasteiger partial charge in [-0.05, 0) is 60.5 Å². The molecule has 0 aliphatic carbocycles. The molecule has 5 nitrogen and oxygen atoms in total. The Labute approximate surface area is 167 Å². The smallest absolute Gasteiger partial charge is 0.330 e. The maximum atomic E-state index is 13.4. The summed E-state index contributed by atoms with van der Waals surface area (Å²) in [6.45, 7) is 2.51. The highest BCUT2D eigenvalue weighted by atomic mass is 19.1. The summed E-state index contributed by atoms with van der Waals surface area (Å²) in [5, 5.41) is 13.4. The molecule has 29 heavy (non-hydrogen) atoms. The Balaban J connectivity index is 1.78. The fraction of sp³-hybridized carbons (Fsp3) is 0.174. The van der Waals surface area contributed by atoms with Crippen LogP contribution in [0.3, 0.4) is 0 Å². The van der Waals surface area contributed by atoms with Gasteiger partial charge in [-0.1, -0.05) is 12.2 Å². The molecule has 1 aromatic heterocycles. The van der Waals surface area contributed by atoms with Crippen molar-refractivity contribution in [2.45, 2.75) is 19.4 Å². The van der Waals surface area contributed by atoms with Crippen molar-refractivity contribution < 1.29 is 19.0 Å². The number of halogens is 1. The molecule has 1 aliphatic rings. The van der Waals surface area contributed by atoms with Crippen LogP contribution in [-0.2, 0) is 11.2 Å². The number of carboxylic acid groups (broad SMARTS) is 1. The molecule has 4 rings (SSSR count). The molecule has 0 radical (unpaired) electrons. The van der Waals surface area contributed by atoms with Crippen LogP contribution < -0.4 is 10.1 Å². The molecule has 3 aromatic rings. The summed E-state index contributed by atoms with van der Waals surface area (Å²) in [6, 6.07) is 11.4. The standard InChI is InChI=1S/C23H21FN2O3/c1-2-29-17-10-11-18-19(12-16-4-3-5-20(25-16)23(27)28)22(26-21(18)13-17)14-6-8-15(24)9-7-14/h3-11,13,20,25-26H,2,12H2,1H3,(H,27,28). The minimum Gasteiger partial charge on any atom is -0.494 e. The molecule has 3 N–H and O–H groups in total. The minimum atomic E-state index is -0.925. The molecule has 0 amide bonds. The number of carbonyl (C=O) groups is 1. The van der Waals surface area contributed by atoms with E-state index >= 15 is 0 Å². The normalized spacial score (nSPS) is 15.8. The molecule has 2 heterocycles. The Bertz CT molecular complexity index is 1110. The molecule has 0 saturated carbocycles. The van der Waals surface area contributed by atoms with E-state index in [9.17, 15) is 14.3 Å². The third-order valence-corrected chi connectivity index (χ3v) is 4.90. The summed E-state index contributed by atoms with van der Waals surface area (Å²) in [5.74, 6) is -0.454. The van der Waals surface area contributed by atoms with Gasteiger partial charge in [0.25, 0.3) is 0 Å². The van der Waals surface area contributed by atoms with Gasteiger partial charge in [-0.15, -0.1) is 0 Å². The number of benzene rings is 2. The Hall–Kier alpha value is -3.54. The van der Waals surface area contributed by atoms with Crippen LogP contribution in [0.1, 0.15) is 12.5 Å². The number of fused-ring (bicyclic) bond motifs is 1. The van der Waals surface area contributed by atoms with Crippen LogP contribution in [0, 0.1) is 5.82 Å². The van der Waals surface area contributed by atoms with E-state index in [4.69, 9.17) is 4.74 Å². The second kappa shape index (κ2) is 7.83. The van der Waals surface area contributed by atoms with Crippen LogP contribution in [-0.4, -0.2) is 28.7 Å². The van der Waals surface area contributed by atoms with Crippen LogP contribution >= 0.6 is 0 Å². The number of hydrogen-bond acceptors (Lipinski definition) is 3. The van der Waals surface area contributed by atoms with Crippen molar-refractivity contribution in [1.82, 2.24) is 10.3 Å². The van der Waals surface area contributed by atoms with Crippen molar-refractivity contribution in [2.75, 3.05) is 6.61 Å². The van der Waals surface area contributed by atoms with E-state index < -0.39 is 12.0 Å². The van der Waals surface area contributed by atoms with Crippen LogP contribution in [0.5, 0.6) is 5.75 Å². The summed E-state index contributed by atoms with van der Waals surface area (Å²) < 4.78 is 19.0. The van der Waals surface area contributed by atoms with E-state index in [0.29, 0.717) is 13.0 Å². The molecular formula is C23H21FN2O3. The zero-order chi connectivity index (χ0) is 20.4. The van der Waals surface area contributed by atoms with Crippen molar-refractivity contribution in [3.05, 3.63) is 77.8 Å². The SMILES string of the molecule is CCOc1ccc2c(CC3=CC=CC(C(=O)O)N3)c(-c3ccc(F)cc3)[nH]c2c1. The first-order chi connectivity index (χ1) is 14.0. The molecule has 0 spiro atoms. The first-order valence-electron chi connectivity index (χ1n) is 9.45. The summed E-state index contributed by atoms with van der Waals surface area (Å²) >= 11 is 0. The predicted octanol–water partition coefficient (Wildman–Crippen LogP) is 4.41. The van der Waals surface area contributed by atoms with E-state index in [1.54, 1.807) is 24.3 Å².